The molecule has 0 bridgehead atoms. The van der Waals surface area contributed by atoms with Gasteiger partial charge in [0, 0.05) is 13.2 Å². The number of ketones is 1. The second-order valence-corrected chi connectivity index (χ2v) is 2.00. The topological polar surface area (TPSA) is 60.9 Å². The van der Waals surface area contributed by atoms with Crippen molar-refractivity contribution in [3.8, 4) is 0 Å². The van der Waals surface area contributed by atoms with E-state index in [1.54, 1.807) is 24.0 Å². The average Bonchev–Trinajstić information content (AvgIpc) is 2.34. The van der Waals surface area contributed by atoms with Gasteiger partial charge in [0.25, 0.3) is 0 Å². The summed E-state index contributed by atoms with van der Waals surface area (Å²) < 4.78 is 1.57. The Kier molecular flexibility index (Phi) is 1.82. The fourth-order valence-corrected chi connectivity index (χ4v) is 0.668. The summed E-state index contributed by atoms with van der Waals surface area (Å²) in [5, 5.41) is 3.87. The van der Waals surface area contributed by atoms with Crippen molar-refractivity contribution in [1.82, 2.24) is 9.78 Å². The Morgan fingerprint density at radius 2 is 2.60 bits per heavy atom. The lowest BCUT2D eigenvalue weighted by molar-refractivity contribution is 0.0996. The molecular formula is C6H9N3O. The van der Waals surface area contributed by atoms with Gasteiger partial charge >= 0.3 is 0 Å². The summed E-state index contributed by atoms with van der Waals surface area (Å²) in [6.07, 6.45) is 1.71. The van der Waals surface area contributed by atoms with Crippen molar-refractivity contribution >= 4 is 5.78 Å². The minimum absolute atomic E-state index is 0.0248. The molecule has 54 valence electrons. The van der Waals surface area contributed by atoms with Gasteiger partial charge in [0.2, 0.25) is 0 Å². The maximum absolute atomic E-state index is 10.8. The van der Waals surface area contributed by atoms with Gasteiger partial charge in [-0.25, -0.2) is 0 Å². The molecule has 0 aliphatic heterocycles. The molecule has 0 saturated carbocycles. The summed E-state index contributed by atoms with van der Waals surface area (Å²) in [4.78, 5) is 10.8. The third kappa shape index (κ3) is 1.22. The number of hydrogen-bond acceptors (Lipinski definition) is 3. The Hall–Kier alpha value is -1.16. The molecule has 4 nitrogen and oxygen atoms in total. The van der Waals surface area contributed by atoms with Crippen LogP contribution < -0.4 is 5.73 Å². The van der Waals surface area contributed by atoms with E-state index in [1.165, 1.54) is 0 Å². The number of Topliss-reactive ketones (excluding diaryl/α,β-unsaturated/α-hetero) is 1. The molecule has 0 radical (unpaired) electrons. The molecular weight excluding hydrogens is 130 g/mol. The van der Waals surface area contributed by atoms with E-state index < -0.39 is 0 Å². The molecule has 4 heteroatoms. The van der Waals surface area contributed by atoms with E-state index in [-0.39, 0.29) is 12.3 Å². The van der Waals surface area contributed by atoms with E-state index >= 15 is 0 Å². The predicted molar refractivity (Wildman–Crippen MR) is 36.6 cm³/mol. The molecule has 0 fully saturated rings. The van der Waals surface area contributed by atoms with Crippen LogP contribution in [-0.2, 0) is 7.05 Å². The van der Waals surface area contributed by atoms with Crippen LogP contribution in [0.1, 0.15) is 10.5 Å². The lowest BCUT2D eigenvalue weighted by Gasteiger charge is -1.88. The number of rotatable bonds is 2. The SMILES string of the molecule is Cn1ccc(C(=O)CN)n1. The zero-order chi connectivity index (χ0) is 7.56. The van der Waals surface area contributed by atoms with Gasteiger partial charge in [-0.05, 0) is 6.07 Å². The highest BCUT2D eigenvalue weighted by molar-refractivity contribution is 5.95. The first-order valence-electron chi connectivity index (χ1n) is 2.97. The highest BCUT2D eigenvalue weighted by Gasteiger charge is 2.04. The first-order valence-corrected chi connectivity index (χ1v) is 2.97. The number of aromatic nitrogens is 2. The van der Waals surface area contributed by atoms with Crippen LogP contribution in [0, 0.1) is 0 Å². The third-order valence-corrected chi connectivity index (χ3v) is 1.18. The number of aryl methyl sites for hydroxylation is 1. The fourth-order valence-electron chi connectivity index (χ4n) is 0.668. The second-order valence-electron chi connectivity index (χ2n) is 2.00. The molecule has 1 aromatic rings. The van der Waals surface area contributed by atoms with Crippen molar-refractivity contribution in [1.29, 1.82) is 0 Å². The monoisotopic (exact) mass is 139 g/mol. The fraction of sp³-hybridized carbons (Fsp3) is 0.333. The van der Waals surface area contributed by atoms with E-state index in [1.807, 2.05) is 0 Å². The maximum atomic E-state index is 10.8. The van der Waals surface area contributed by atoms with Crippen LogP contribution in [-0.4, -0.2) is 22.1 Å². The number of nitrogens with zero attached hydrogens (tertiary/aromatic N) is 2. The summed E-state index contributed by atoms with van der Waals surface area (Å²) in [6, 6.07) is 1.65. The molecule has 1 rings (SSSR count). The van der Waals surface area contributed by atoms with E-state index in [2.05, 4.69) is 5.10 Å². The van der Waals surface area contributed by atoms with E-state index in [0.717, 1.165) is 0 Å². The lowest BCUT2D eigenvalue weighted by Crippen LogP contribution is -2.14. The molecule has 2 N–H and O–H groups in total. The number of carbonyl (C=O) groups is 1. The highest BCUT2D eigenvalue weighted by atomic mass is 16.1. The Morgan fingerprint density at radius 3 is 3.00 bits per heavy atom. The second kappa shape index (κ2) is 2.62. The normalized spacial score (nSPS) is 9.80. The minimum atomic E-state index is -0.124. The summed E-state index contributed by atoms with van der Waals surface area (Å²) in [6.45, 7) is 0.0248. The molecule has 0 saturated heterocycles. The van der Waals surface area contributed by atoms with E-state index in [4.69, 9.17) is 5.73 Å². The van der Waals surface area contributed by atoms with Crippen molar-refractivity contribution in [3.05, 3.63) is 18.0 Å². The van der Waals surface area contributed by atoms with Gasteiger partial charge in [0.15, 0.2) is 5.78 Å². The van der Waals surface area contributed by atoms with E-state index in [0.29, 0.717) is 5.69 Å². The van der Waals surface area contributed by atoms with Crippen LogP contribution in [0.4, 0.5) is 0 Å². The van der Waals surface area contributed by atoms with Gasteiger partial charge in [-0.15, -0.1) is 0 Å². The number of nitrogens with two attached hydrogens (primary N) is 1. The zero-order valence-electron chi connectivity index (χ0n) is 5.74. The van der Waals surface area contributed by atoms with Crippen LogP contribution in [0.2, 0.25) is 0 Å². The Labute approximate surface area is 58.6 Å². The van der Waals surface area contributed by atoms with Crippen molar-refractivity contribution < 1.29 is 4.79 Å². The Morgan fingerprint density at radius 1 is 1.90 bits per heavy atom. The average molecular weight is 139 g/mol. The van der Waals surface area contributed by atoms with Gasteiger partial charge in [0.05, 0.1) is 6.54 Å². The molecule has 0 aliphatic rings. The quantitative estimate of drug-likeness (QED) is 0.565. The summed E-state index contributed by atoms with van der Waals surface area (Å²) in [5.74, 6) is -0.124. The molecule has 0 spiro atoms. The first-order chi connectivity index (χ1) is 4.74. The van der Waals surface area contributed by atoms with Crippen LogP contribution in [0.15, 0.2) is 12.3 Å². The molecule has 1 aromatic heterocycles. The molecule has 0 unspecified atom stereocenters. The molecule has 0 aliphatic carbocycles. The van der Waals surface area contributed by atoms with Crippen LogP contribution in [0.25, 0.3) is 0 Å². The number of hydrogen-bond donors (Lipinski definition) is 1. The van der Waals surface area contributed by atoms with Gasteiger partial charge in [-0.3, -0.25) is 9.48 Å². The smallest absolute Gasteiger partial charge is 0.196 e. The summed E-state index contributed by atoms with van der Waals surface area (Å²) in [5.41, 5.74) is 5.55. The van der Waals surface area contributed by atoms with Gasteiger partial charge in [-0.2, -0.15) is 5.10 Å². The van der Waals surface area contributed by atoms with Crippen LogP contribution in [0.5, 0.6) is 0 Å². The summed E-state index contributed by atoms with van der Waals surface area (Å²) in [7, 11) is 1.76. The predicted octanol–water partition coefficient (Wildman–Crippen LogP) is -0.439. The van der Waals surface area contributed by atoms with Crippen LogP contribution >= 0.6 is 0 Å². The lowest BCUT2D eigenvalue weighted by atomic mass is 10.3. The highest BCUT2D eigenvalue weighted by Crippen LogP contribution is 1.93. The van der Waals surface area contributed by atoms with Crippen molar-refractivity contribution in [3.63, 3.8) is 0 Å². The van der Waals surface area contributed by atoms with Crippen molar-refractivity contribution in [2.45, 2.75) is 0 Å². The maximum Gasteiger partial charge on any atom is 0.196 e. The van der Waals surface area contributed by atoms with Crippen LogP contribution in [0.3, 0.4) is 0 Å². The van der Waals surface area contributed by atoms with E-state index in [9.17, 15) is 4.79 Å². The first kappa shape index (κ1) is 6.95. The molecule has 0 aromatic carbocycles. The third-order valence-electron chi connectivity index (χ3n) is 1.18. The Bertz CT molecular complexity index is 241. The molecule has 0 amide bonds. The van der Waals surface area contributed by atoms with Gasteiger partial charge in [0.1, 0.15) is 5.69 Å². The van der Waals surface area contributed by atoms with Gasteiger partial charge in [-0.1, -0.05) is 0 Å². The summed E-state index contributed by atoms with van der Waals surface area (Å²) >= 11 is 0. The standard InChI is InChI=1S/C6H9N3O/c1-9-3-2-5(8-9)6(10)4-7/h2-3H,4,7H2,1H3. The molecule has 1 heterocycles. The van der Waals surface area contributed by atoms with Gasteiger partial charge < -0.3 is 5.73 Å². The molecule has 0 atom stereocenters. The van der Waals surface area contributed by atoms with Crippen molar-refractivity contribution in [2.24, 2.45) is 12.8 Å². The molecule has 10 heavy (non-hydrogen) atoms. The minimum Gasteiger partial charge on any atom is -0.324 e. The Balaban J connectivity index is 2.85. The largest absolute Gasteiger partial charge is 0.324 e. The number of carbonyl (C=O) groups excluding carboxylic acids is 1. The van der Waals surface area contributed by atoms with Crippen molar-refractivity contribution in [2.75, 3.05) is 6.54 Å². The zero-order valence-corrected chi connectivity index (χ0v) is 5.74.